The molecule has 1 saturated heterocycles. The number of benzene rings is 3. The van der Waals surface area contributed by atoms with Crippen LogP contribution in [0.1, 0.15) is 29.6 Å². The highest BCUT2D eigenvalue weighted by atomic mass is 16.5. The first-order chi connectivity index (χ1) is 22.5. The van der Waals surface area contributed by atoms with Gasteiger partial charge in [0.15, 0.2) is 5.96 Å². The minimum absolute atomic E-state index is 0.0873. The van der Waals surface area contributed by atoms with Crippen LogP contribution in [0.2, 0.25) is 0 Å². The zero-order chi connectivity index (χ0) is 31.5. The van der Waals surface area contributed by atoms with Crippen molar-refractivity contribution in [2.75, 3.05) is 66.5 Å². The molecule has 0 saturated carbocycles. The molecule has 2 aliphatic rings. The predicted molar refractivity (Wildman–Crippen MR) is 182 cm³/mol. The van der Waals surface area contributed by atoms with Gasteiger partial charge in [0, 0.05) is 68.6 Å². The van der Waals surface area contributed by atoms with Gasteiger partial charge >= 0.3 is 0 Å². The molecule has 0 atom stereocenters. The first kappa shape index (κ1) is 29.8. The highest BCUT2D eigenvalue weighted by molar-refractivity contribution is 5.97. The fourth-order valence-corrected chi connectivity index (χ4v) is 6.18. The number of carbonyl (C=O) groups is 1. The number of fused-ring (bicyclic) bond motifs is 3. The van der Waals surface area contributed by atoms with Crippen LogP contribution < -0.4 is 10.1 Å². The fourth-order valence-electron chi connectivity index (χ4n) is 6.18. The Bertz CT molecular complexity index is 1860. The number of amides is 1. The summed E-state index contributed by atoms with van der Waals surface area (Å²) in [5.74, 6) is 3.40. The van der Waals surface area contributed by atoms with Gasteiger partial charge in [0.25, 0.3) is 5.91 Å². The van der Waals surface area contributed by atoms with E-state index < -0.39 is 0 Å². The van der Waals surface area contributed by atoms with Crippen molar-refractivity contribution < 1.29 is 9.53 Å². The number of carbonyl (C=O) groups excluding carboxylic acids is 1. The number of ether oxygens (including phenoxy) is 1. The van der Waals surface area contributed by atoms with Gasteiger partial charge in [-0.15, -0.1) is 0 Å². The minimum atomic E-state index is -0.0873. The first-order valence-electron chi connectivity index (χ1n) is 16.2. The molecular formula is C35H41N9O2. The average molecular weight is 620 g/mol. The summed E-state index contributed by atoms with van der Waals surface area (Å²) >= 11 is 0. The van der Waals surface area contributed by atoms with Gasteiger partial charge in [-0.1, -0.05) is 24.3 Å². The van der Waals surface area contributed by atoms with E-state index >= 15 is 0 Å². The van der Waals surface area contributed by atoms with Gasteiger partial charge in [-0.25, -0.2) is 9.97 Å². The fraction of sp³-hybridized carbons (Fsp3) is 0.371. The van der Waals surface area contributed by atoms with E-state index in [-0.39, 0.29) is 5.91 Å². The normalized spacial score (nSPS) is 15.0. The van der Waals surface area contributed by atoms with E-state index in [2.05, 4.69) is 44.1 Å². The Morgan fingerprint density at radius 3 is 2.33 bits per heavy atom. The third-order valence-corrected chi connectivity index (χ3v) is 8.58. The number of aromatic amines is 2. The lowest BCUT2D eigenvalue weighted by Gasteiger charge is -2.41. The highest BCUT2D eigenvalue weighted by Crippen LogP contribution is 2.27. The molecule has 0 radical (unpaired) electrons. The molecule has 5 aromatic rings. The van der Waals surface area contributed by atoms with Crippen molar-refractivity contribution in [1.82, 2.24) is 40.0 Å². The molecule has 7 rings (SSSR count). The largest absolute Gasteiger partial charge is 0.493 e. The molecule has 0 aliphatic carbocycles. The van der Waals surface area contributed by atoms with Gasteiger partial charge in [0.2, 0.25) is 0 Å². The molecule has 11 nitrogen and oxygen atoms in total. The van der Waals surface area contributed by atoms with Gasteiger partial charge in [0.1, 0.15) is 17.4 Å². The Morgan fingerprint density at radius 2 is 1.59 bits per heavy atom. The van der Waals surface area contributed by atoms with E-state index in [4.69, 9.17) is 19.7 Å². The molecule has 4 heterocycles. The molecular weight excluding hydrogens is 578 g/mol. The lowest BCUT2D eigenvalue weighted by molar-refractivity contribution is 0.0950. The zero-order valence-corrected chi connectivity index (χ0v) is 26.6. The van der Waals surface area contributed by atoms with Crippen LogP contribution in [-0.2, 0) is 0 Å². The number of nitrogens with zero attached hydrogens (tertiary/aromatic N) is 6. The zero-order valence-electron chi connectivity index (χ0n) is 26.6. The maximum absolute atomic E-state index is 13.0. The van der Waals surface area contributed by atoms with Gasteiger partial charge < -0.3 is 34.7 Å². The van der Waals surface area contributed by atoms with Crippen molar-refractivity contribution in [3.63, 3.8) is 0 Å². The van der Waals surface area contributed by atoms with Crippen LogP contribution in [0.3, 0.4) is 0 Å². The molecule has 2 aromatic heterocycles. The van der Waals surface area contributed by atoms with Gasteiger partial charge in [-0.05, 0) is 63.7 Å². The van der Waals surface area contributed by atoms with Crippen molar-refractivity contribution >= 4 is 33.9 Å². The lowest BCUT2D eigenvalue weighted by atomic mass is 10.1. The van der Waals surface area contributed by atoms with Crippen molar-refractivity contribution in [2.24, 2.45) is 4.99 Å². The predicted octanol–water partition coefficient (Wildman–Crippen LogP) is 4.60. The Labute approximate surface area is 268 Å². The quantitative estimate of drug-likeness (QED) is 0.185. The second kappa shape index (κ2) is 13.2. The Morgan fingerprint density at radius 1 is 0.891 bits per heavy atom. The Kier molecular flexibility index (Phi) is 8.56. The van der Waals surface area contributed by atoms with E-state index in [0.717, 1.165) is 115 Å². The third kappa shape index (κ3) is 6.55. The van der Waals surface area contributed by atoms with Gasteiger partial charge in [-0.3, -0.25) is 9.79 Å². The first-order valence-corrected chi connectivity index (χ1v) is 16.2. The highest BCUT2D eigenvalue weighted by Gasteiger charge is 2.25. The summed E-state index contributed by atoms with van der Waals surface area (Å²) < 4.78 is 5.93. The third-order valence-electron chi connectivity index (χ3n) is 8.58. The molecule has 3 N–H and O–H groups in total. The van der Waals surface area contributed by atoms with Gasteiger partial charge in [0.05, 0.1) is 28.7 Å². The van der Waals surface area contributed by atoms with Crippen LogP contribution in [0.25, 0.3) is 44.8 Å². The van der Waals surface area contributed by atoms with Crippen molar-refractivity contribution in [2.45, 2.75) is 19.3 Å². The molecule has 1 fully saturated rings. The number of hydrogen-bond acceptors (Lipinski definition) is 8. The summed E-state index contributed by atoms with van der Waals surface area (Å²) in [6, 6.07) is 19.7. The summed E-state index contributed by atoms with van der Waals surface area (Å²) in [5, 5.41) is 3.09. The number of imidazole rings is 2. The monoisotopic (exact) mass is 619 g/mol. The Balaban J connectivity index is 0.980. The second-order valence-electron chi connectivity index (χ2n) is 12.3. The summed E-state index contributed by atoms with van der Waals surface area (Å²) in [6.45, 7) is 7.03. The van der Waals surface area contributed by atoms with Crippen LogP contribution in [-0.4, -0.2) is 113 Å². The molecule has 1 amide bonds. The summed E-state index contributed by atoms with van der Waals surface area (Å²) in [5.41, 5.74) is 6.03. The van der Waals surface area contributed by atoms with Crippen LogP contribution in [0.15, 0.2) is 65.7 Å². The van der Waals surface area contributed by atoms with E-state index in [1.165, 1.54) is 0 Å². The molecule has 0 spiro atoms. The SMILES string of the molecule is CN(C)CCCOc1ccc2nc(-c3ccc(-c4nc5ccc(C(=O)NCCN6CCCN7CCCN=C76)cc5[nH]4)cc3)[nH]c2c1. The van der Waals surface area contributed by atoms with Crippen LogP contribution in [0.5, 0.6) is 5.75 Å². The average Bonchev–Trinajstić information content (AvgIpc) is 3.71. The molecule has 238 valence electrons. The summed E-state index contributed by atoms with van der Waals surface area (Å²) in [4.78, 5) is 41.0. The molecule has 0 unspecified atom stereocenters. The number of aliphatic imine (C=N–C) groups is 1. The molecule has 2 aliphatic heterocycles. The standard InChI is InChI=1S/C35H41N9O2/c1-42(2)16-5-21-46-27-11-13-29-31(23-27)41-33(39-29)25-8-6-24(7-9-25)32-38-28-12-10-26(22-30(28)40-32)34(45)36-15-20-44-19-4-18-43-17-3-14-37-35(43)44/h6-13,22-23H,3-5,14-21H2,1-2H3,(H,36,45)(H,38,40)(H,39,41). The number of hydrogen-bond donors (Lipinski definition) is 3. The number of H-pyrrole nitrogens is 2. The molecule has 11 heteroatoms. The molecule has 3 aromatic carbocycles. The summed E-state index contributed by atoms with van der Waals surface area (Å²) in [7, 11) is 4.13. The maximum atomic E-state index is 13.0. The van der Waals surface area contributed by atoms with E-state index in [1.54, 1.807) is 0 Å². The second-order valence-corrected chi connectivity index (χ2v) is 12.3. The topological polar surface area (TPSA) is 118 Å². The van der Waals surface area contributed by atoms with E-state index in [1.807, 2.05) is 60.7 Å². The van der Waals surface area contributed by atoms with Crippen LogP contribution in [0.4, 0.5) is 0 Å². The van der Waals surface area contributed by atoms with Crippen molar-refractivity contribution in [1.29, 1.82) is 0 Å². The molecule has 46 heavy (non-hydrogen) atoms. The van der Waals surface area contributed by atoms with Crippen LogP contribution >= 0.6 is 0 Å². The van der Waals surface area contributed by atoms with E-state index in [9.17, 15) is 4.79 Å². The Hall–Kier alpha value is -4.90. The van der Waals surface area contributed by atoms with Gasteiger partial charge in [-0.2, -0.15) is 0 Å². The van der Waals surface area contributed by atoms with Crippen LogP contribution in [0, 0.1) is 0 Å². The number of aromatic nitrogens is 4. The van der Waals surface area contributed by atoms with Crippen molar-refractivity contribution in [3.05, 3.63) is 66.2 Å². The van der Waals surface area contributed by atoms with E-state index in [0.29, 0.717) is 18.7 Å². The van der Waals surface area contributed by atoms with Crippen molar-refractivity contribution in [3.8, 4) is 28.5 Å². The lowest BCUT2D eigenvalue weighted by Crippen LogP contribution is -2.53. The minimum Gasteiger partial charge on any atom is -0.493 e. The molecule has 0 bridgehead atoms. The maximum Gasteiger partial charge on any atom is 0.251 e. The number of guanidine groups is 1. The smallest absolute Gasteiger partial charge is 0.251 e. The summed E-state index contributed by atoms with van der Waals surface area (Å²) in [6.07, 6.45) is 3.22. The number of nitrogens with one attached hydrogen (secondary N) is 3. The number of rotatable bonds is 11.